The van der Waals surface area contributed by atoms with E-state index in [9.17, 15) is 14.6 Å². The summed E-state index contributed by atoms with van der Waals surface area (Å²) in [6.07, 6.45) is 4.59. The zero-order chi connectivity index (χ0) is 19.9. The molecule has 26 heavy (non-hydrogen) atoms. The van der Waals surface area contributed by atoms with Crippen molar-refractivity contribution in [2.45, 2.75) is 53.1 Å². The highest BCUT2D eigenvalue weighted by Gasteiger charge is 2.13. The monoisotopic (exact) mass is 381 g/mol. The third kappa shape index (κ3) is 7.67. The molecule has 0 aromatic heterocycles. The van der Waals surface area contributed by atoms with Gasteiger partial charge >= 0.3 is 0 Å². The first-order valence-corrected chi connectivity index (χ1v) is 11.2. The third-order valence-corrected chi connectivity index (χ3v) is 4.70. The summed E-state index contributed by atoms with van der Waals surface area (Å²) in [4.78, 5) is 9.47. The van der Waals surface area contributed by atoms with E-state index in [1.807, 2.05) is 52.8 Å². The van der Waals surface area contributed by atoms with E-state index in [2.05, 4.69) is 5.32 Å². The van der Waals surface area contributed by atoms with Gasteiger partial charge in [0, 0.05) is 17.9 Å². The number of hydrogen-bond acceptors (Lipinski definition) is 4. The summed E-state index contributed by atoms with van der Waals surface area (Å²) in [6.45, 7) is 11.3. The van der Waals surface area contributed by atoms with Gasteiger partial charge in [0.05, 0.1) is 6.29 Å². The van der Waals surface area contributed by atoms with Crippen LogP contribution in [0.4, 0.5) is 0 Å². The number of phenols is 1. The lowest BCUT2D eigenvalue weighted by atomic mass is 10.0. The van der Waals surface area contributed by atoms with E-state index in [4.69, 9.17) is 4.74 Å². The first-order chi connectivity index (χ1) is 12.0. The summed E-state index contributed by atoms with van der Waals surface area (Å²) in [5, 5.41) is 13.0. The molecule has 2 atom stereocenters. The predicted octanol–water partition coefficient (Wildman–Crippen LogP) is 4.97. The summed E-state index contributed by atoms with van der Waals surface area (Å²) in [5.41, 5.74) is 2.65. The van der Waals surface area contributed by atoms with Crippen molar-refractivity contribution >= 4 is 7.37 Å². The molecule has 0 aliphatic rings. The molecule has 5 nitrogen and oxygen atoms in total. The highest BCUT2D eigenvalue weighted by Crippen LogP contribution is 2.33. The SMILES string of the molecule is CC/C=C(\C=C(\C)C(C)Oc1ccc(O)c(C(C)C)c1)NCP(C)(=O)O. The molecular formula is C20H32NO4P. The van der Waals surface area contributed by atoms with Gasteiger partial charge in [-0.2, -0.15) is 0 Å². The molecule has 6 heteroatoms. The van der Waals surface area contributed by atoms with E-state index in [-0.39, 0.29) is 24.1 Å². The lowest BCUT2D eigenvalue weighted by Gasteiger charge is -2.18. The summed E-state index contributed by atoms with van der Waals surface area (Å²) >= 11 is 0. The van der Waals surface area contributed by atoms with Crippen molar-refractivity contribution in [2.24, 2.45) is 0 Å². The maximum absolute atomic E-state index is 11.5. The largest absolute Gasteiger partial charge is 0.508 e. The van der Waals surface area contributed by atoms with Crippen LogP contribution in [0.1, 0.15) is 52.5 Å². The molecule has 1 aromatic carbocycles. The normalized spacial score (nSPS) is 16.3. The van der Waals surface area contributed by atoms with Gasteiger partial charge in [0.15, 0.2) is 0 Å². The number of nitrogens with one attached hydrogen (secondary N) is 1. The van der Waals surface area contributed by atoms with Gasteiger partial charge in [-0.25, -0.2) is 0 Å². The average Bonchev–Trinajstić information content (AvgIpc) is 2.53. The van der Waals surface area contributed by atoms with Crippen LogP contribution in [0.5, 0.6) is 11.5 Å². The zero-order valence-electron chi connectivity index (χ0n) is 16.6. The number of ether oxygens (including phenoxy) is 1. The van der Waals surface area contributed by atoms with Crippen molar-refractivity contribution in [3.05, 3.63) is 47.2 Å². The molecule has 1 rings (SSSR count). The van der Waals surface area contributed by atoms with E-state index < -0.39 is 7.37 Å². The Morgan fingerprint density at radius 1 is 1.35 bits per heavy atom. The minimum atomic E-state index is -3.12. The molecule has 0 spiro atoms. The minimum Gasteiger partial charge on any atom is -0.508 e. The van der Waals surface area contributed by atoms with Crippen LogP contribution in [0.15, 0.2) is 41.6 Å². The maximum Gasteiger partial charge on any atom is 0.216 e. The highest BCUT2D eigenvalue weighted by atomic mass is 31.2. The van der Waals surface area contributed by atoms with Gasteiger partial charge in [0.1, 0.15) is 17.6 Å². The fraction of sp³-hybridized carbons (Fsp3) is 0.500. The van der Waals surface area contributed by atoms with Crippen LogP contribution in [-0.4, -0.2) is 29.1 Å². The van der Waals surface area contributed by atoms with Crippen molar-refractivity contribution in [3.8, 4) is 11.5 Å². The fourth-order valence-corrected chi connectivity index (χ4v) is 2.84. The van der Waals surface area contributed by atoms with E-state index in [1.54, 1.807) is 12.1 Å². The molecule has 0 radical (unpaired) electrons. The summed E-state index contributed by atoms with van der Waals surface area (Å²) in [5.74, 6) is 1.18. The predicted molar refractivity (Wildman–Crippen MR) is 108 cm³/mol. The second kappa shape index (κ2) is 9.84. The van der Waals surface area contributed by atoms with Gasteiger partial charge in [-0.15, -0.1) is 0 Å². The molecule has 0 aliphatic heterocycles. The molecule has 3 N–H and O–H groups in total. The van der Waals surface area contributed by atoms with Crippen LogP contribution < -0.4 is 10.1 Å². The van der Waals surface area contributed by atoms with E-state index in [0.717, 1.165) is 23.3 Å². The third-order valence-electron chi connectivity index (χ3n) is 3.96. The maximum atomic E-state index is 11.5. The minimum absolute atomic E-state index is 0.0353. The zero-order valence-corrected chi connectivity index (χ0v) is 17.5. The second-order valence-corrected chi connectivity index (χ2v) is 9.40. The molecular weight excluding hydrogens is 349 g/mol. The number of benzene rings is 1. The van der Waals surface area contributed by atoms with Crippen LogP contribution in [0.25, 0.3) is 0 Å². The molecule has 0 saturated carbocycles. The summed E-state index contributed by atoms with van der Waals surface area (Å²) in [6, 6.07) is 5.27. The molecule has 146 valence electrons. The van der Waals surface area contributed by atoms with Gasteiger partial charge < -0.3 is 20.1 Å². The standard InChI is InChI=1S/C20H32NO4P/c1-7-8-17(21-13-26(6,23)24)11-15(4)16(5)25-18-9-10-20(22)19(12-18)14(2)3/h8-12,14,16,21-22H,7,13H2,1-6H3,(H,23,24)/b15-11-,17-8+. The molecule has 0 saturated heterocycles. The molecule has 2 unspecified atom stereocenters. The number of phenolic OH excluding ortho intramolecular Hbond substituents is 1. The van der Waals surface area contributed by atoms with Crippen molar-refractivity contribution in [3.63, 3.8) is 0 Å². The van der Waals surface area contributed by atoms with Crippen molar-refractivity contribution in [1.29, 1.82) is 0 Å². The van der Waals surface area contributed by atoms with Crippen molar-refractivity contribution < 1.29 is 19.3 Å². The van der Waals surface area contributed by atoms with Gasteiger partial charge in [0.2, 0.25) is 7.37 Å². The number of allylic oxidation sites excluding steroid dienone is 2. The van der Waals surface area contributed by atoms with Crippen LogP contribution in [-0.2, 0) is 4.57 Å². The smallest absolute Gasteiger partial charge is 0.216 e. The topological polar surface area (TPSA) is 78.8 Å². The molecule has 0 heterocycles. The Balaban J connectivity index is 2.88. The Labute approximate surface area is 157 Å². The van der Waals surface area contributed by atoms with Crippen molar-refractivity contribution in [2.75, 3.05) is 13.0 Å². The first-order valence-electron chi connectivity index (χ1n) is 8.94. The van der Waals surface area contributed by atoms with Gasteiger partial charge in [-0.05, 0) is 56.0 Å². The Bertz CT molecular complexity index is 704. The van der Waals surface area contributed by atoms with E-state index >= 15 is 0 Å². The quantitative estimate of drug-likeness (QED) is 0.416. The van der Waals surface area contributed by atoms with Gasteiger partial charge in [-0.1, -0.05) is 26.8 Å². The summed E-state index contributed by atoms with van der Waals surface area (Å²) in [7, 11) is -3.12. The number of rotatable bonds is 9. The fourth-order valence-electron chi connectivity index (χ4n) is 2.37. The van der Waals surface area contributed by atoms with Gasteiger partial charge in [0.25, 0.3) is 0 Å². The molecule has 0 fully saturated rings. The van der Waals surface area contributed by atoms with Crippen LogP contribution in [0.3, 0.4) is 0 Å². The average molecular weight is 381 g/mol. The van der Waals surface area contributed by atoms with E-state index in [0.29, 0.717) is 5.75 Å². The Morgan fingerprint density at radius 2 is 2.00 bits per heavy atom. The van der Waals surface area contributed by atoms with Crippen molar-refractivity contribution in [1.82, 2.24) is 5.32 Å². The Kier molecular flexibility index (Phi) is 8.45. The van der Waals surface area contributed by atoms with Crippen LogP contribution in [0.2, 0.25) is 0 Å². The lowest BCUT2D eigenvalue weighted by Crippen LogP contribution is -2.17. The number of hydrogen-bond donors (Lipinski definition) is 3. The highest BCUT2D eigenvalue weighted by molar-refractivity contribution is 7.57. The Hall–Kier alpha value is -1.71. The molecule has 0 aliphatic carbocycles. The molecule has 0 amide bonds. The molecule has 1 aromatic rings. The number of aromatic hydroxyl groups is 1. The lowest BCUT2D eigenvalue weighted by molar-refractivity contribution is 0.256. The van der Waals surface area contributed by atoms with Crippen LogP contribution in [0, 0.1) is 0 Å². The Morgan fingerprint density at radius 3 is 2.54 bits per heavy atom. The molecule has 0 bridgehead atoms. The van der Waals surface area contributed by atoms with E-state index in [1.165, 1.54) is 6.66 Å². The summed E-state index contributed by atoms with van der Waals surface area (Å²) < 4.78 is 17.5. The van der Waals surface area contributed by atoms with Crippen LogP contribution >= 0.6 is 7.37 Å². The first kappa shape index (κ1) is 22.3. The second-order valence-electron chi connectivity index (χ2n) is 6.98. The van der Waals surface area contributed by atoms with Gasteiger partial charge in [-0.3, -0.25) is 4.57 Å².